The second-order valence-corrected chi connectivity index (χ2v) is 11.8. The fourth-order valence-electron chi connectivity index (χ4n) is 6.01. The molecule has 0 saturated heterocycles. The predicted octanol–water partition coefficient (Wildman–Crippen LogP) is 2.56. The molecule has 2 aromatic heterocycles. The Kier molecular flexibility index (Phi) is 24.3. The quantitative estimate of drug-likeness (QED) is 0.154. The molecule has 53 heavy (non-hydrogen) atoms. The molecule has 4 aromatic rings. The number of halogens is 1. The number of nitrogens with two attached hydrogens (primary N) is 2. The van der Waals surface area contributed by atoms with Crippen molar-refractivity contribution in [1.82, 2.24) is 28.9 Å². The molecule has 6 rings (SSSR count). The first-order valence-electron chi connectivity index (χ1n) is 15.8. The van der Waals surface area contributed by atoms with Gasteiger partial charge >= 0.3 is 69.5 Å². The van der Waals surface area contributed by atoms with Gasteiger partial charge in [-0.3, -0.25) is 9.13 Å². The van der Waals surface area contributed by atoms with Crippen molar-refractivity contribution >= 4 is 41.9 Å². The van der Waals surface area contributed by atoms with E-state index in [-0.39, 0.29) is 96.2 Å². The van der Waals surface area contributed by atoms with Gasteiger partial charge < -0.3 is 37.2 Å². The van der Waals surface area contributed by atoms with E-state index in [0.29, 0.717) is 35.4 Å². The third-order valence-electron chi connectivity index (χ3n) is 8.56. The number of hydrogen-bond acceptors (Lipinski definition) is 8. The second kappa shape index (κ2) is 25.1. The number of nitrogen functional groups attached to an aromatic ring is 1. The van der Waals surface area contributed by atoms with Gasteiger partial charge in [-0.2, -0.15) is 0 Å². The van der Waals surface area contributed by atoms with E-state index in [1.54, 1.807) is 46.4 Å². The van der Waals surface area contributed by atoms with E-state index in [2.05, 4.69) is 15.3 Å². The number of nitrogens with zero attached hydrogens (tertiary/aromatic N) is 7. The van der Waals surface area contributed by atoms with Crippen molar-refractivity contribution in [3.63, 3.8) is 0 Å². The molecule has 7 N–H and O–H groups in total. The number of nitriles is 1. The average Bonchev–Trinajstić information content (AvgIpc) is 3.92. The third kappa shape index (κ3) is 14.4. The Labute approximate surface area is 360 Å². The molecular formula is C36H52ClKN10O5. The molecule has 17 heteroatoms. The maximum atomic E-state index is 12.6. The van der Waals surface area contributed by atoms with Gasteiger partial charge in [0.25, 0.3) is 0 Å². The van der Waals surface area contributed by atoms with E-state index in [9.17, 15) is 14.4 Å². The summed E-state index contributed by atoms with van der Waals surface area (Å²) in [6, 6.07) is 14.6. The summed E-state index contributed by atoms with van der Waals surface area (Å²) in [7, 11) is 3.72. The first kappa shape index (κ1) is 51.2. The minimum atomic E-state index is -0.619. The zero-order valence-electron chi connectivity index (χ0n) is 29.1. The van der Waals surface area contributed by atoms with Crippen molar-refractivity contribution in [2.45, 2.75) is 78.3 Å². The van der Waals surface area contributed by atoms with Gasteiger partial charge in [-0.15, -0.1) is 12.4 Å². The van der Waals surface area contributed by atoms with Gasteiger partial charge in [0.2, 0.25) is 0 Å². The molecule has 0 aliphatic heterocycles. The van der Waals surface area contributed by atoms with E-state index >= 15 is 0 Å². The Balaban J connectivity index is 0. The van der Waals surface area contributed by atoms with Gasteiger partial charge in [-0.1, -0.05) is 64.8 Å². The van der Waals surface area contributed by atoms with Crippen LogP contribution in [0.15, 0.2) is 73.6 Å². The summed E-state index contributed by atoms with van der Waals surface area (Å²) in [4.78, 5) is 48.2. The van der Waals surface area contributed by atoms with Crippen molar-refractivity contribution in [1.29, 1.82) is 5.26 Å². The molecule has 0 unspecified atom stereocenters. The standard InChI is InChI=1S/C17H21N5O2.C16H20N4O.CHNO.2CH4.ClH.K.H2O/c1-21(14-7-2-3-8-14)17(24)22-10-15(19-11-22)12-5-4-6-13(9-12)20-16(18)23;1-19(14-7-2-3-8-14)16(21)20-10-15(18-11-20)12-5-4-6-13(17)9-12;2-1-3;;;;;/h4-6,9-11,14H,2-3,7-8H2,1H3,(H3,18,20,23);4-6,9-11,14H,2-3,7-8,17H2,1H3;3H;2*1H4;1H;;1H2/q;;;;;;+1;/p-1. The van der Waals surface area contributed by atoms with E-state index in [1.165, 1.54) is 36.6 Å². The summed E-state index contributed by atoms with van der Waals surface area (Å²) in [6.07, 6.45) is 16.2. The molecule has 0 radical (unpaired) electrons. The molecule has 2 fully saturated rings. The van der Waals surface area contributed by atoms with Crippen LogP contribution in [0.5, 0.6) is 0 Å². The van der Waals surface area contributed by atoms with Gasteiger partial charge in [-0.05, 0) is 49.9 Å². The van der Waals surface area contributed by atoms with Crippen LogP contribution >= 0.6 is 12.4 Å². The van der Waals surface area contributed by atoms with Crippen LogP contribution in [0.25, 0.3) is 22.5 Å². The van der Waals surface area contributed by atoms with Gasteiger partial charge in [0.15, 0.2) is 0 Å². The number of carbonyl (C=O) groups is 3. The number of anilines is 2. The van der Waals surface area contributed by atoms with Crippen LogP contribution in [0.2, 0.25) is 0 Å². The van der Waals surface area contributed by atoms with E-state index in [4.69, 9.17) is 21.8 Å². The maximum absolute atomic E-state index is 12.6. The van der Waals surface area contributed by atoms with Crippen molar-refractivity contribution in [3.05, 3.63) is 73.6 Å². The number of urea groups is 1. The Hall–Kier alpha value is -3.95. The maximum Gasteiger partial charge on any atom is 1.00 e. The molecule has 2 saturated carbocycles. The van der Waals surface area contributed by atoms with E-state index in [0.717, 1.165) is 42.5 Å². The largest absolute Gasteiger partial charge is 1.00 e. The molecule has 0 bridgehead atoms. The summed E-state index contributed by atoms with van der Waals surface area (Å²) in [6.45, 7) is 0. The van der Waals surface area contributed by atoms with Crippen LogP contribution < -0.4 is 73.3 Å². The summed E-state index contributed by atoms with van der Waals surface area (Å²) < 4.78 is 3.05. The third-order valence-corrected chi connectivity index (χ3v) is 8.56. The first-order valence-corrected chi connectivity index (χ1v) is 15.8. The molecular weight excluding hydrogens is 727 g/mol. The SMILES string of the molecule is C.C.CN(C(=O)n1cnc(-c2cccc(N)c2)c1)C1CCCC1.CN(C(=O)n1cnc(-c2cccc(NC(N)=O)c2)c1)C1CCCC1.Cl.N#C[O-].O.[K+]. The van der Waals surface area contributed by atoms with Crippen LogP contribution in [0, 0.1) is 11.5 Å². The zero-order valence-corrected chi connectivity index (χ0v) is 33.0. The fourth-order valence-corrected chi connectivity index (χ4v) is 6.01. The molecule has 15 nitrogen and oxygen atoms in total. The Bertz CT molecular complexity index is 1750. The van der Waals surface area contributed by atoms with Gasteiger partial charge in [0.05, 0.1) is 11.4 Å². The molecule has 2 aliphatic carbocycles. The summed E-state index contributed by atoms with van der Waals surface area (Å²) in [5.74, 6) is 0. The van der Waals surface area contributed by atoms with Crippen LogP contribution in [0.3, 0.4) is 0 Å². The molecule has 0 atom stereocenters. The number of rotatable bonds is 5. The van der Waals surface area contributed by atoms with E-state index < -0.39 is 6.03 Å². The predicted molar refractivity (Wildman–Crippen MR) is 205 cm³/mol. The number of nitrogens with one attached hydrogen (secondary N) is 1. The Morgan fingerprint density at radius 1 is 0.830 bits per heavy atom. The van der Waals surface area contributed by atoms with Crippen LogP contribution in [0.4, 0.5) is 25.8 Å². The number of benzene rings is 2. The molecule has 2 aromatic carbocycles. The van der Waals surface area contributed by atoms with Crippen molar-refractivity contribution < 1.29 is 76.4 Å². The molecule has 0 spiro atoms. The average molecular weight is 779 g/mol. The summed E-state index contributed by atoms with van der Waals surface area (Å²) >= 11 is 0. The second-order valence-electron chi connectivity index (χ2n) is 11.8. The first-order chi connectivity index (χ1) is 23.1. The smallest absolute Gasteiger partial charge is 0.812 e. The Morgan fingerprint density at radius 2 is 1.23 bits per heavy atom. The number of primary amides is 1. The molecule has 2 aliphatic rings. The Morgan fingerprint density at radius 3 is 1.62 bits per heavy atom. The van der Waals surface area contributed by atoms with Gasteiger partial charge in [0, 0.05) is 67.3 Å². The minimum Gasteiger partial charge on any atom is -0.812 e. The minimum absolute atomic E-state index is 0. The van der Waals surface area contributed by atoms with Crippen LogP contribution in [-0.2, 0) is 0 Å². The van der Waals surface area contributed by atoms with E-state index in [1.807, 2.05) is 49.3 Å². The van der Waals surface area contributed by atoms with Crippen LogP contribution in [-0.4, -0.2) is 78.7 Å². The normalized spacial score (nSPS) is 12.8. The van der Waals surface area contributed by atoms with Gasteiger partial charge in [-0.25, -0.2) is 29.6 Å². The van der Waals surface area contributed by atoms with Crippen molar-refractivity contribution in [2.75, 3.05) is 25.1 Å². The number of carbonyl (C=O) groups excluding carboxylic acids is 3. The van der Waals surface area contributed by atoms with Crippen molar-refractivity contribution in [2.24, 2.45) is 5.73 Å². The summed E-state index contributed by atoms with van der Waals surface area (Å²) in [5.41, 5.74) is 15.3. The number of hydrogen-bond donors (Lipinski definition) is 3. The summed E-state index contributed by atoms with van der Waals surface area (Å²) in [5, 5.41) is 17.5. The molecule has 284 valence electrons. The zero-order chi connectivity index (χ0) is 34.6. The van der Waals surface area contributed by atoms with Gasteiger partial charge in [0.1, 0.15) is 12.7 Å². The molecule has 4 amide bonds. The molecule has 2 heterocycles. The number of aromatic nitrogens is 4. The van der Waals surface area contributed by atoms with Crippen LogP contribution in [0.1, 0.15) is 66.2 Å². The van der Waals surface area contributed by atoms with Crippen molar-refractivity contribution in [3.8, 4) is 28.8 Å². The fraction of sp³-hybridized carbons (Fsp3) is 0.389. The monoisotopic (exact) mass is 778 g/mol. The topological polar surface area (TPSA) is 236 Å². The number of imidazole rings is 2. The number of amides is 4.